The molecule has 2 unspecified atom stereocenters. The fourth-order valence-corrected chi connectivity index (χ4v) is 10.4. The van der Waals surface area contributed by atoms with Crippen molar-refractivity contribution in [3.8, 4) is 28.7 Å². The fraction of sp³-hybridized carbons (Fsp3) is 0.435. The summed E-state index contributed by atoms with van der Waals surface area (Å²) in [5, 5.41) is 0. The molecule has 0 spiro atoms. The summed E-state index contributed by atoms with van der Waals surface area (Å²) < 4.78 is 30.8. The van der Waals surface area contributed by atoms with Crippen molar-refractivity contribution >= 4 is 57.2 Å². The number of nitrogens with zero attached hydrogens (tertiary/aromatic N) is 5. The molecule has 318 valence electrons. The average molecular weight is 854 g/mol. The molecule has 4 aliphatic heterocycles. The minimum atomic E-state index is -0.0826. The quantitative estimate of drug-likeness (QED) is 0.102. The number of likely N-dealkylation sites (N-methyl/N-ethyl adjacent to an activating group) is 1. The third-order valence-corrected chi connectivity index (χ3v) is 13.7. The van der Waals surface area contributed by atoms with E-state index in [0.717, 1.165) is 37.1 Å². The first kappa shape index (κ1) is 43.2. The predicted molar refractivity (Wildman–Crippen MR) is 242 cm³/mol. The van der Waals surface area contributed by atoms with Crippen LogP contribution in [0.3, 0.4) is 0 Å². The number of rotatable bonds is 16. The summed E-state index contributed by atoms with van der Waals surface area (Å²) in [5.74, 6) is 2.37. The predicted octanol–water partition coefficient (Wildman–Crippen LogP) is 8.72. The topological polar surface area (TPSA) is 115 Å². The Bertz CT molecular complexity index is 2100. The van der Waals surface area contributed by atoms with Gasteiger partial charge >= 0.3 is 0 Å². The zero-order chi connectivity index (χ0) is 42.6. The monoisotopic (exact) mass is 853 g/mol. The summed E-state index contributed by atoms with van der Waals surface area (Å²) in [7, 11) is 8.89. The van der Waals surface area contributed by atoms with Gasteiger partial charge < -0.3 is 38.4 Å². The number of carbonyl (C=O) groups is 2. The third kappa shape index (κ3) is 9.66. The summed E-state index contributed by atoms with van der Waals surface area (Å²) in [6.07, 6.45) is 11.5. The molecule has 0 N–H and O–H groups in total. The molecule has 0 saturated carbocycles. The molecule has 2 amide bonds. The van der Waals surface area contributed by atoms with Gasteiger partial charge in [0.2, 0.25) is 0 Å². The van der Waals surface area contributed by atoms with E-state index in [4.69, 9.17) is 33.7 Å². The highest BCUT2D eigenvalue weighted by molar-refractivity contribution is 8.77. The van der Waals surface area contributed by atoms with E-state index in [2.05, 4.69) is 44.2 Å². The number of benzene rings is 3. The molecule has 3 aromatic carbocycles. The van der Waals surface area contributed by atoms with Gasteiger partial charge in [-0.25, -0.2) is 0 Å². The van der Waals surface area contributed by atoms with Crippen LogP contribution < -0.4 is 23.7 Å². The van der Waals surface area contributed by atoms with Crippen LogP contribution in [0.2, 0.25) is 0 Å². The summed E-state index contributed by atoms with van der Waals surface area (Å²) >= 11 is 0. The van der Waals surface area contributed by atoms with Crippen LogP contribution in [0.15, 0.2) is 75.7 Å². The highest BCUT2D eigenvalue weighted by Gasteiger charge is 2.36. The molecule has 0 aliphatic carbocycles. The maximum Gasteiger partial charge on any atom is 0.257 e. The van der Waals surface area contributed by atoms with E-state index in [1.165, 1.54) is 11.1 Å². The van der Waals surface area contributed by atoms with Gasteiger partial charge in [0.1, 0.15) is 25.6 Å². The van der Waals surface area contributed by atoms with Crippen molar-refractivity contribution < 1.29 is 33.3 Å². The molecule has 2 atom stereocenters. The van der Waals surface area contributed by atoms with Crippen molar-refractivity contribution in [1.29, 1.82) is 0 Å². The van der Waals surface area contributed by atoms with Crippen molar-refractivity contribution in [2.45, 2.75) is 70.6 Å². The van der Waals surface area contributed by atoms with Crippen LogP contribution in [-0.4, -0.2) is 116 Å². The van der Waals surface area contributed by atoms with Crippen LogP contribution in [0, 0.1) is 0 Å². The van der Waals surface area contributed by atoms with Crippen molar-refractivity contribution in [2.24, 2.45) is 9.98 Å². The number of ether oxygens (including phenoxy) is 5. The van der Waals surface area contributed by atoms with Gasteiger partial charge in [0, 0.05) is 55.5 Å². The lowest BCUT2D eigenvalue weighted by Crippen LogP contribution is -2.35. The average Bonchev–Trinajstić information content (AvgIpc) is 3.80. The Morgan fingerprint density at radius 3 is 1.70 bits per heavy atom. The van der Waals surface area contributed by atoms with Crippen molar-refractivity contribution in [3.63, 3.8) is 0 Å². The number of hydrogen-bond donors (Lipinski definition) is 0. The SMILES string of the molecule is C/C=C1\CC2C=Nc3cc(OCc4cc(COc5cc6c(cc5OC)C(=O)N5C/C(=C/C)CC5C=N6)cc(OCCN(C)CC(C)(C)SSC)c4)c(OC)cc3C(=O)N2C1. The van der Waals surface area contributed by atoms with Gasteiger partial charge in [0.15, 0.2) is 23.0 Å². The lowest BCUT2D eigenvalue weighted by Gasteiger charge is -2.28. The zero-order valence-corrected chi connectivity index (χ0v) is 37.4. The molecule has 60 heavy (non-hydrogen) atoms. The number of aliphatic imine (C=N–C) groups is 2. The molecule has 0 bridgehead atoms. The summed E-state index contributed by atoms with van der Waals surface area (Å²) in [5.41, 5.74) is 6.19. The number of methoxy groups -OCH3 is 2. The molecule has 0 radical (unpaired) electrons. The van der Waals surface area contributed by atoms with Gasteiger partial charge in [0.05, 0.1) is 48.8 Å². The standard InChI is InChI=1S/C46H55N5O7S2/c1-9-29-14-33-22-47-38-20-42(40(54-6)18-36(38)44(52)50(33)24-29)57-26-31-13-32(17-35(16-31)56-12-11-49(5)28-46(3,4)60-59-8)27-58-43-21-39-37(19-41(43)55-7)45(53)51-25-30(10-2)15-34(51)23-48-39/h9-10,13,16-23,33-34H,11-12,14-15,24-28H2,1-8H3/b29-9+,30-10+. The second-order valence-electron chi connectivity index (χ2n) is 16.1. The van der Waals surface area contributed by atoms with E-state index in [-0.39, 0.29) is 41.9 Å². The second kappa shape index (κ2) is 18.8. The lowest BCUT2D eigenvalue weighted by atomic mass is 10.1. The molecule has 14 heteroatoms. The van der Waals surface area contributed by atoms with Crippen LogP contribution in [0.1, 0.15) is 72.4 Å². The second-order valence-corrected chi connectivity index (χ2v) is 19.2. The maximum atomic E-state index is 13.7. The van der Waals surface area contributed by atoms with Gasteiger partial charge in [-0.15, -0.1) is 0 Å². The van der Waals surface area contributed by atoms with E-state index in [0.29, 0.717) is 70.9 Å². The Labute approximate surface area is 361 Å². The molecule has 4 aliphatic rings. The molecular formula is C46H55N5O7S2. The summed E-state index contributed by atoms with van der Waals surface area (Å²) in [6, 6.07) is 12.8. The number of allylic oxidation sites excluding steroid dienone is 2. The van der Waals surface area contributed by atoms with Crippen molar-refractivity contribution in [1.82, 2.24) is 14.7 Å². The first-order valence-corrected chi connectivity index (χ1v) is 22.8. The van der Waals surface area contributed by atoms with Crippen LogP contribution in [0.25, 0.3) is 0 Å². The van der Waals surface area contributed by atoms with E-state index < -0.39 is 0 Å². The summed E-state index contributed by atoms with van der Waals surface area (Å²) in [6.45, 7) is 12.2. The van der Waals surface area contributed by atoms with Crippen LogP contribution in [-0.2, 0) is 13.2 Å². The van der Waals surface area contributed by atoms with E-state index in [1.807, 2.05) is 65.1 Å². The smallest absolute Gasteiger partial charge is 0.257 e. The largest absolute Gasteiger partial charge is 0.493 e. The fourth-order valence-electron chi connectivity index (χ4n) is 8.13. The first-order valence-electron chi connectivity index (χ1n) is 20.3. The number of fused-ring (bicyclic) bond motifs is 4. The molecule has 4 heterocycles. The Balaban J connectivity index is 1.12. The van der Waals surface area contributed by atoms with Crippen LogP contribution >= 0.6 is 21.6 Å². The molecule has 3 aromatic rings. The molecule has 2 fully saturated rings. The Morgan fingerprint density at radius 2 is 1.25 bits per heavy atom. The molecule has 0 aromatic heterocycles. The molecule has 7 rings (SSSR count). The minimum absolute atomic E-state index is 0.0752. The normalized spacial score (nSPS) is 19.6. The molecular weight excluding hydrogens is 799 g/mol. The molecule has 12 nitrogen and oxygen atoms in total. The van der Waals surface area contributed by atoms with Gasteiger partial charge in [0.25, 0.3) is 11.8 Å². The molecule has 2 saturated heterocycles. The van der Waals surface area contributed by atoms with Crippen LogP contribution in [0.5, 0.6) is 28.7 Å². The van der Waals surface area contributed by atoms with Gasteiger partial charge in [-0.3, -0.25) is 19.6 Å². The van der Waals surface area contributed by atoms with E-state index in [1.54, 1.807) is 49.3 Å². The maximum absolute atomic E-state index is 13.7. The van der Waals surface area contributed by atoms with Gasteiger partial charge in [-0.1, -0.05) is 44.9 Å². The van der Waals surface area contributed by atoms with E-state index in [9.17, 15) is 9.59 Å². The highest BCUT2D eigenvalue weighted by Crippen LogP contribution is 2.41. The summed E-state index contributed by atoms with van der Waals surface area (Å²) in [4.78, 5) is 42.8. The van der Waals surface area contributed by atoms with Gasteiger partial charge in [-0.05, 0) is 95.3 Å². The Morgan fingerprint density at radius 1 is 0.750 bits per heavy atom. The highest BCUT2D eigenvalue weighted by atomic mass is 33.1. The number of carbonyl (C=O) groups excluding carboxylic acids is 2. The zero-order valence-electron chi connectivity index (χ0n) is 35.8. The van der Waals surface area contributed by atoms with Gasteiger partial charge in [-0.2, -0.15) is 0 Å². The van der Waals surface area contributed by atoms with E-state index >= 15 is 0 Å². The number of amides is 2. The van der Waals surface area contributed by atoms with Crippen molar-refractivity contribution in [2.75, 3.05) is 60.3 Å². The van der Waals surface area contributed by atoms with Crippen molar-refractivity contribution in [3.05, 3.63) is 88.0 Å². The third-order valence-electron chi connectivity index (χ3n) is 11.1. The first-order chi connectivity index (χ1) is 28.9. The minimum Gasteiger partial charge on any atom is -0.493 e. The van der Waals surface area contributed by atoms with Crippen LogP contribution in [0.4, 0.5) is 11.4 Å². The lowest BCUT2D eigenvalue weighted by molar-refractivity contribution is 0.0769. The Hall–Kier alpha value is -4.92. The Kier molecular flexibility index (Phi) is 13.5. The number of hydrogen-bond acceptors (Lipinski definition) is 12.